The summed E-state index contributed by atoms with van der Waals surface area (Å²) in [5, 5.41) is 3.71. The van der Waals surface area contributed by atoms with Crippen LogP contribution in [0.15, 0.2) is 4.79 Å². The highest BCUT2D eigenvalue weighted by Gasteiger charge is 2.20. The van der Waals surface area contributed by atoms with Gasteiger partial charge in [-0.05, 0) is 45.1 Å². The van der Waals surface area contributed by atoms with Crippen LogP contribution in [0.5, 0.6) is 0 Å². The Hall–Kier alpha value is -1.38. The standard InChI is InChI=1S/C18H26N4O2S2/c1-18(2,10-19)22-14(23)7-8-25-9-13-20-16(24)15-11-5-3-4-6-12(11)26-17(15)21-13/h3-10,19H2,1-2H3,(H,22,23)(H,20,21,24). The van der Waals surface area contributed by atoms with E-state index in [0.717, 1.165) is 29.5 Å². The number of aromatic amines is 1. The van der Waals surface area contributed by atoms with Crippen LogP contribution in [-0.4, -0.2) is 33.7 Å². The molecule has 2 aromatic heterocycles. The first-order valence-corrected chi connectivity index (χ1v) is 11.0. The zero-order valence-electron chi connectivity index (χ0n) is 15.3. The van der Waals surface area contributed by atoms with Crippen LogP contribution in [0.3, 0.4) is 0 Å². The topological polar surface area (TPSA) is 101 Å². The molecule has 142 valence electrons. The Bertz CT molecular complexity index is 857. The van der Waals surface area contributed by atoms with Crippen molar-refractivity contribution in [2.75, 3.05) is 12.3 Å². The number of thiophene rings is 1. The van der Waals surface area contributed by atoms with Gasteiger partial charge in [0, 0.05) is 29.1 Å². The summed E-state index contributed by atoms with van der Waals surface area (Å²) in [6, 6.07) is 0. The number of hydrogen-bond acceptors (Lipinski definition) is 6. The molecule has 0 fully saturated rings. The van der Waals surface area contributed by atoms with Gasteiger partial charge < -0.3 is 16.0 Å². The minimum absolute atomic E-state index is 0.00390. The number of nitrogens with zero attached hydrogens (tertiary/aromatic N) is 1. The molecule has 2 heterocycles. The number of carbonyl (C=O) groups is 1. The summed E-state index contributed by atoms with van der Waals surface area (Å²) in [6.45, 7) is 4.22. The van der Waals surface area contributed by atoms with E-state index in [1.54, 1.807) is 23.1 Å². The number of carbonyl (C=O) groups excluding carboxylic acids is 1. The summed E-state index contributed by atoms with van der Waals surface area (Å²) in [6.07, 6.45) is 4.83. The molecule has 1 aliphatic rings. The van der Waals surface area contributed by atoms with E-state index in [4.69, 9.17) is 5.73 Å². The smallest absolute Gasteiger partial charge is 0.259 e. The molecule has 0 atom stereocenters. The number of aryl methyl sites for hydroxylation is 2. The summed E-state index contributed by atoms with van der Waals surface area (Å²) in [5.74, 6) is 1.96. The number of aromatic nitrogens is 2. The predicted molar refractivity (Wildman–Crippen MR) is 109 cm³/mol. The minimum Gasteiger partial charge on any atom is -0.350 e. The molecule has 8 heteroatoms. The van der Waals surface area contributed by atoms with Crippen molar-refractivity contribution in [2.45, 2.75) is 57.2 Å². The van der Waals surface area contributed by atoms with Gasteiger partial charge in [0.05, 0.1) is 11.1 Å². The molecule has 0 bridgehead atoms. The minimum atomic E-state index is -0.377. The molecule has 0 radical (unpaired) electrons. The third-order valence-corrected chi connectivity index (χ3v) is 6.73. The molecule has 0 aliphatic heterocycles. The lowest BCUT2D eigenvalue weighted by atomic mass is 9.97. The number of amides is 1. The predicted octanol–water partition coefficient (Wildman–Crippen LogP) is 2.34. The van der Waals surface area contributed by atoms with E-state index in [-0.39, 0.29) is 17.0 Å². The number of rotatable bonds is 7. The zero-order chi connectivity index (χ0) is 18.7. The molecule has 6 nitrogen and oxygen atoms in total. The van der Waals surface area contributed by atoms with Gasteiger partial charge in [-0.25, -0.2) is 4.98 Å². The van der Waals surface area contributed by atoms with Gasteiger partial charge in [0.15, 0.2) is 0 Å². The maximum Gasteiger partial charge on any atom is 0.259 e. The molecule has 3 rings (SSSR count). The van der Waals surface area contributed by atoms with Crippen molar-refractivity contribution >= 4 is 39.2 Å². The van der Waals surface area contributed by atoms with Crippen LogP contribution in [-0.2, 0) is 23.4 Å². The van der Waals surface area contributed by atoms with Crippen LogP contribution in [0.2, 0.25) is 0 Å². The first kappa shape index (κ1) is 19.4. The largest absolute Gasteiger partial charge is 0.350 e. The molecule has 1 amide bonds. The number of hydrogen-bond donors (Lipinski definition) is 3. The van der Waals surface area contributed by atoms with Crippen molar-refractivity contribution in [3.8, 4) is 0 Å². The molecule has 1 aliphatic carbocycles. The number of fused-ring (bicyclic) bond motifs is 3. The second kappa shape index (κ2) is 8.10. The quantitative estimate of drug-likeness (QED) is 0.626. The van der Waals surface area contributed by atoms with E-state index in [1.165, 1.54) is 16.9 Å². The Labute approximate surface area is 161 Å². The SMILES string of the molecule is CC(C)(CN)NC(=O)CCSCc1nc2sc3c(c2c(=O)[nH]1)CCCC3. The summed E-state index contributed by atoms with van der Waals surface area (Å²) < 4.78 is 0. The van der Waals surface area contributed by atoms with Crippen molar-refractivity contribution < 1.29 is 4.79 Å². The maximum atomic E-state index is 12.5. The third kappa shape index (κ3) is 4.47. The molecular weight excluding hydrogens is 368 g/mol. The van der Waals surface area contributed by atoms with Crippen molar-refractivity contribution in [1.82, 2.24) is 15.3 Å². The Kier molecular flexibility index (Phi) is 6.04. The monoisotopic (exact) mass is 394 g/mol. The van der Waals surface area contributed by atoms with Gasteiger partial charge in [-0.15, -0.1) is 11.3 Å². The summed E-state index contributed by atoms with van der Waals surface area (Å²) in [7, 11) is 0. The molecule has 0 saturated carbocycles. The Morgan fingerprint density at radius 1 is 1.38 bits per heavy atom. The van der Waals surface area contributed by atoms with E-state index in [0.29, 0.717) is 30.3 Å². The first-order valence-electron chi connectivity index (χ1n) is 9.02. The highest BCUT2D eigenvalue weighted by molar-refractivity contribution is 7.98. The summed E-state index contributed by atoms with van der Waals surface area (Å²) >= 11 is 3.26. The lowest BCUT2D eigenvalue weighted by molar-refractivity contribution is -0.122. The van der Waals surface area contributed by atoms with Crippen molar-refractivity contribution in [2.24, 2.45) is 5.73 Å². The van der Waals surface area contributed by atoms with Gasteiger partial charge in [0.1, 0.15) is 10.7 Å². The fourth-order valence-corrected chi connectivity index (χ4v) is 5.19. The van der Waals surface area contributed by atoms with E-state index < -0.39 is 0 Å². The van der Waals surface area contributed by atoms with Crippen LogP contribution in [0.4, 0.5) is 0 Å². The molecule has 4 N–H and O–H groups in total. The van der Waals surface area contributed by atoms with E-state index in [9.17, 15) is 9.59 Å². The molecule has 2 aromatic rings. The average Bonchev–Trinajstić information content (AvgIpc) is 2.97. The normalized spacial score (nSPS) is 14.4. The Morgan fingerprint density at radius 3 is 2.92 bits per heavy atom. The second-order valence-corrected chi connectivity index (χ2v) is 9.53. The first-order chi connectivity index (χ1) is 12.4. The molecule has 26 heavy (non-hydrogen) atoms. The van der Waals surface area contributed by atoms with E-state index >= 15 is 0 Å². The van der Waals surface area contributed by atoms with Crippen LogP contribution in [0, 0.1) is 0 Å². The molecular formula is C18H26N4O2S2. The van der Waals surface area contributed by atoms with Gasteiger partial charge in [0.2, 0.25) is 5.91 Å². The van der Waals surface area contributed by atoms with Gasteiger partial charge in [-0.2, -0.15) is 11.8 Å². The molecule has 0 unspecified atom stereocenters. The third-order valence-electron chi connectivity index (χ3n) is 4.57. The fraction of sp³-hybridized carbons (Fsp3) is 0.611. The number of nitrogens with two attached hydrogens (primary N) is 1. The number of thioether (sulfide) groups is 1. The van der Waals surface area contributed by atoms with Crippen molar-refractivity contribution in [3.63, 3.8) is 0 Å². The van der Waals surface area contributed by atoms with Gasteiger partial charge in [0.25, 0.3) is 5.56 Å². The van der Waals surface area contributed by atoms with Crippen LogP contribution in [0.25, 0.3) is 10.2 Å². The second-order valence-electron chi connectivity index (χ2n) is 7.34. The van der Waals surface area contributed by atoms with Gasteiger partial charge in [-0.1, -0.05) is 0 Å². The lowest BCUT2D eigenvalue weighted by Crippen LogP contribution is -2.48. The molecule has 0 spiro atoms. The number of H-pyrrole nitrogens is 1. The van der Waals surface area contributed by atoms with Crippen molar-refractivity contribution in [1.29, 1.82) is 0 Å². The lowest BCUT2D eigenvalue weighted by Gasteiger charge is -2.24. The highest BCUT2D eigenvalue weighted by atomic mass is 32.2. The average molecular weight is 395 g/mol. The zero-order valence-corrected chi connectivity index (χ0v) is 16.9. The highest BCUT2D eigenvalue weighted by Crippen LogP contribution is 2.33. The van der Waals surface area contributed by atoms with Crippen LogP contribution >= 0.6 is 23.1 Å². The summed E-state index contributed by atoms with van der Waals surface area (Å²) in [5.41, 5.74) is 6.43. The number of nitrogens with one attached hydrogen (secondary N) is 2. The van der Waals surface area contributed by atoms with Gasteiger partial charge >= 0.3 is 0 Å². The van der Waals surface area contributed by atoms with Crippen LogP contribution in [0.1, 0.15) is 49.4 Å². The Morgan fingerprint density at radius 2 is 2.15 bits per heavy atom. The van der Waals surface area contributed by atoms with E-state index in [1.807, 2.05) is 13.8 Å². The molecule has 0 saturated heterocycles. The Balaban J connectivity index is 1.58. The van der Waals surface area contributed by atoms with Crippen LogP contribution < -0.4 is 16.6 Å². The maximum absolute atomic E-state index is 12.5. The van der Waals surface area contributed by atoms with Gasteiger partial charge in [-0.3, -0.25) is 9.59 Å². The van der Waals surface area contributed by atoms with Crippen molar-refractivity contribution in [3.05, 3.63) is 26.6 Å². The van der Waals surface area contributed by atoms with E-state index in [2.05, 4.69) is 15.3 Å². The fourth-order valence-electron chi connectivity index (χ4n) is 3.10. The summed E-state index contributed by atoms with van der Waals surface area (Å²) in [4.78, 5) is 34.2. The molecule has 0 aromatic carbocycles.